The van der Waals surface area contributed by atoms with E-state index in [1.54, 1.807) is 42.2 Å². The zero-order valence-corrected chi connectivity index (χ0v) is 10.5. The van der Waals surface area contributed by atoms with Crippen molar-refractivity contribution in [3.63, 3.8) is 0 Å². The zero-order chi connectivity index (χ0) is 13.4. The lowest BCUT2D eigenvalue weighted by Gasteiger charge is -2.03. The van der Waals surface area contributed by atoms with Gasteiger partial charge >= 0.3 is 0 Å². The second-order valence-corrected chi connectivity index (χ2v) is 4.83. The highest BCUT2D eigenvalue weighted by Gasteiger charge is 2.45. The van der Waals surface area contributed by atoms with Crippen molar-refractivity contribution in [2.45, 2.75) is 12.3 Å². The van der Waals surface area contributed by atoms with Crippen molar-refractivity contribution in [2.24, 2.45) is 13.0 Å². The smallest absolute Gasteiger partial charge is 0.229 e. The molecule has 1 N–H and O–H groups in total. The monoisotopic (exact) mass is 259 g/mol. The van der Waals surface area contributed by atoms with Gasteiger partial charge in [0.25, 0.3) is 0 Å². The van der Waals surface area contributed by atoms with Gasteiger partial charge in [-0.05, 0) is 24.0 Å². The van der Waals surface area contributed by atoms with E-state index in [0.717, 1.165) is 0 Å². The molecule has 2 atom stereocenters. The summed E-state index contributed by atoms with van der Waals surface area (Å²) >= 11 is 0. The summed E-state index contributed by atoms with van der Waals surface area (Å²) in [4.78, 5) is 12.0. The third-order valence-electron chi connectivity index (χ3n) is 3.40. The van der Waals surface area contributed by atoms with E-state index in [-0.39, 0.29) is 23.6 Å². The average molecular weight is 259 g/mol. The molecule has 0 spiro atoms. The Labute approximate surface area is 110 Å². The van der Waals surface area contributed by atoms with Gasteiger partial charge in [-0.15, -0.1) is 0 Å². The van der Waals surface area contributed by atoms with Gasteiger partial charge in [0, 0.05) is 25.2 Å². The van der Waals surface area contributed by atoms with E-state index < -0.39 is 0 Å². The molecule has 2 unspecified atom stereocenters. The Balaban J connectivity index is 1.66. The third-order valence-corrected chi connectivity index (χ3v) is 3.40. The molecule has 1 aliphatic carbocycles. The van der Waals surface area contributed by atoms with Crippen LogP contribution < -0.4 is 5.32 Å². The van der Waals surface area contributed by atoms with Crippen LogP contribution in [0.1, 0.15) is 17.9 Å². The number of anilines is 1. The summed E-state index contributed by atoms with van der Waals surface area (Å²) in [5.74, 6) is 0.0445. The van der Waals surface area contributed by atoms with Crippen LogP contribution in [0.25, 0.3) is 0 Å². The number of benzene rings is 1. The highest BCUT2D eigenvalue weighted by molar-refractivity contribution is 5.94. The van der Waals surface area contributed by atoms with Gasteiger partial charge in [-0.1, -0.05) is 18.2 Å². The molecular formula is C14H14FN3O. The normalized spacial score (nSPS) is 21.2. The molecule has 19 heavy (non-hydrogen) atoms. The minimum atomic E-state index is -0.236. The first-order valence-corrected chi connectivity index (χ1v) is 6.20. The number of aryl methyl sites for hydroxylation is 1. The summed E-state index contributed by atoms with van der Waals surface area (Å²) in [6.45, 7) is 0. The molecule has 2 aromatic rings. The van der Waals surface area contributed by atoms with Crippen molar-refractivity contribution in [3.8, 4) is 0 Å². The summed E-state index contributed by atoms with van der Waals surface area (Å²) < 4.78 is 15.2. The van der Waals surface area contributed by atoms with E-state index in [1.165, 1.54) is 6.07 Å². The second kappa shape index (κ2) is 4.50. The maximum atomic E-state index is 13.6. The van der Waals surface area contributed by atoms with Crippen LogP contribution in [0.2, 0.25) is 0 Å². The van der Waals surface area contributed by atoms with Crippen molar-refractivity contribution >= 4 is 11.7 Å². The molecule has 3 rings (SSSR count). The minimum absolute atomic E-state index is 0.00934. The third kappa shape index (κ3) is 2.36. The van der Waals surface area contributed by atoms with E-state index in [9.17, 15) is 9.18 Å². The van der Waals surface area contributed by atoms with Gasteiger partial charge < -0.3 is 5.32 Å². The van der Waals surface area contributed by atoms with Crippen LogP contribution in [-0.4, -0.2) is 15.7 Å². The highest BCUT2D eigenvalue weighted by atomic mass is 19.1. The molecule has 1 aromatic heterocycles. The Hall–Kier alpha value is -2.17. The molecular weight excluding hydrogens is 245 g/mol. The minimum Gasteiger partial charge on any atom is -0.309 e. The van der Waals surface area contributed by atoms with Crippen LogP contribution in [-0.2, 0) is 11.8 Å². The molecule has 0 bridgehead atoms. The molecule has 1 saturated carbocycles. The standard InChI is InChI=1S/C14H14FN3O/c1-18-7-6-13(17-18)16-14(19)11-8-10(11)9-4-2-3-5-12(9)15/h2-7,10-11H,8H2,1H3,(H,16,17,19). The van der Waals surface area contributed by atoms with Crippen LogP contribution in [0.3, 0.4) is 0 Å². The van der Waals surface area contributed by atoms with Gasteiger partial charge in [0.05, 0.1) is 0 Å². The Morgan fingerprint density at radius 3 is 2.89 bits per heavy atom. The largest absolute Gasteiger partial charge is 0.309 e. The molecule has 0 radical (unpaired) electrons. The number of nitrogens with zero attached hydrogens (tertiary/aromatic N) is 2. The summed E-state index contributed by atoms with van der Waals surface area (Å²) in [5, 5.41) is 6.84. The zero-order valence-electron chi connectivity index (χ0n) is 10.5. The van der Waals surface area contributed by atoms with E-state index in [4.69, 9.17) is 0 Å². The summed E-state index contributed by atoms with van der Waals surface area (Å²) in [7, 11) is 1.79. The Morgan fingerprint density at radius 1 is 1.42 bits per heavy atom. The molecule has 1 heterocycles. The maximum absolute atomic E-state index is 13.6. The molecule has 1 aromatic carbocycles. The molecule has 5 heteroatoms. The highest BCUT2D eigenvalue weighted by Crippen LogP contribution is 2.48. The molecule has 98 valence electrons. The first-order chi connectivity index (χ1) is 9.15. The number of carbonyl (C=O) groups excluding carboxylic acids is 1. The van der Waals surface area contributed by atoms with Gasteiger partial charge in [-0.3, -0.25) is 9.48 Å². The first kappa shape index (κ1) is 11.9. The summed E-state index contributed by atoms with van der Waals surface area (Å²) in [5.41, 5.74) is 0.628. The van der Waals surface area contributed by atoms with Crippen LogP contribution >= 0.6 is 0 Å². The number of carbonyl (C=O) groups is 1. The van der Waals surface area contributed by atoms with Gasteiger partial charge in [-0.2, -0.15) is 5.10 Å². The van der Waals surface area contributed by atoms with Crippen LogP contribution in [0, 0.1) is 11.7 Å². The maximum Gasteiger partial charge on any atom is 0.229 e. The number of rotatable bonds is 3. The number of aromatic nitrogens is 2. The van der Waals surface area contributed by atoms with Crippen molar-refractivity contribution in [1.29, 1.82) is 0 Å². The quantitative estimate of drug-likeness (QED) is 0.919. The Morgan fingerprint density at radius 2 is 2.21 bits per heavy atom. The lowest BCUT2D eigenvalue weighted by molar-refractivity contribution is -0.117. The van der Waals surface area contributed by atoms with Gasteiger partial charge in [-0.25, -0.2) is 4.39 Å². The molecule has 1 amide bonds. The number of hydrogen-bond donors (Lipinski definition) is 1. The predicted molar refractivity (Wildman–Crippen MR) is 69.1 cm³/mol. The predicted octanol–water partition coefficient (Wildman–Crippen LogP) is 2.30. The number of hydrogen-bond acceptors (Lipinski definition) is 2. The fourth-order valence-corrected chi connectivity index (χ4v) is 2.30. The molecule has 0 saturated heterocycles. The van der Waals surface area contributed by atoms with Crippen LogP contribution in [0.4, 0.5) is 10.2 Å². The molecule has 0 aliphatic heterocycles. The number of halogens is 1. The van der Waals surface area contributed by atoms with E-state index in [1.807, 2.05) is 0 Å². The van der Waals surface area contributed by atoms with Crippen LogP contribution in [0.15, 0.2) is 36.5 Å². The van der Waals surface area contributed by atoms with E-state index in [2.05, 4.69) is 10.4 Å². The summed E-state index contributed by atoms with van der Waals surface area (Å²) in [6, 6.07) is 8.36. The fraction of sp³-hybridized carbons (Fsp3) is 0.286. The van der Waals surface area contributed by atoms with Gasteiger partial charge in [0.2, 0.25) is 5.91 Å². The van der Waals surface area contributed by atoms with Gasteiger partial charge in [0.1, 0.15) is 5.82 Å². The first-order valence-electron chi connectivity index (χ1n) is 6.20. The fourth-order valence-electron chi connectivity index (χ4n) is 2.30. The van der Waals surface area contributed by atoms with Crippen molar-refractivity contribution in [3.05, 3.63) is 47.9 Å². The number of amides is 1. The SMILES string of the molecule is Cn1ccc(NC(=O)C2CC2c2ccccc2F)n1. The van der Waals surface area contributed by atoms with Crippen molar-refractivity contribution in [2.75, 3.05) is 5.32 Å². The summed E-state index contributed by atoms with van der Waals surface area (Å²) in [6.07, 6.45) is 2.45. The number of nitrogens with one attached hydrogen (secondary N) is 1. The lowest BCUT2D eigenvalue weighted by atomic mass is 10.1. The molecule has 1 aliphatic rings. The van der Waals surface area contributed by atoms with E-state index in [0.29, 0.717) is 17.8 Å². The van der Waals surface area contributed by atoms with Gasteiger partial charge in [0.15, 0.2) is 5.82 Å². The second-order valence-electron chi connectivity index (χ2n) is 4.83. The van der Waals surface area contributed by atoms with Crippen molar-refractivity contribution < 1.29 is 9.18 Å². The van der Waals surface area contributed by atoms with Crippen LogP contribution in [0.5, 0.6) is 0 Å². The molecule has 1 fully saturated rings. The topological polar surface area (TPSA) is 46.9 Å². The van der Waals surface area contributed by atoms with E-state index >= 15 is 0 Å². The average Bonchev–Trinajstić information content (AvgIpc) is 3.08. The Kier molecular flexibility index (Phi) is 2.81. The van der Waals surface area contributed by atoms with Crippen molar-refractivity contribution in [1.82, 2.24) is 9.78 Å². The Bertz CT molecular complexity index is 623. The lowest BCUT2D eigenvalue weighted by Crippen LogP contribution is -2.15. The molecule has 4 nitrogen and oxygen atoms in total.